The van der Waals surface area contributed by atoms with Crippen LogP contribution < -0.4 is 5.32 Å². The SMILES string of the molecule is O=C(NC1N=Nc2nc(-c3ccccc3)ncc21)C1CCN(Cc2ccccc2)C1. The van der Waals surface area contributed by atoms with Crippen molar-refractivity contribution in [2.45, 2.75) is 19.1 Å². The normalized spacial score (nSPS) is 20.3. The van der Waals surface area contributed by atoms with E-state index >= 15 is 0 Å². The zero-order valence-corrected chi connectivity index (χ0v) is 16.5. The van der Waals surface area contributed by atoms with Crippen LogP contribution in [0.2, 0.25) is 0 Å². The Labute approximate surface area is 174 Å². The molecule has 0 spiro atoms. The zero-order valence-electron chi connectivity index (χ0n) is 16.5. The molecule has 3 aromatic rings. The Hall–Kier alpha value is -3.45. The highest BCUT2D eigenvalue weighted by atomic mass is 16.2. The van der Waals surface area contributed by atoms with Gasteiger partial charge in [-0.25, -0.2) is 9.97 Å². The minimum absolute atomic E-state index is 0.00879. The fourth-order valence-electron chi connectivity index (χ4n) is 3.95. The molecule has 2 atom stereocenters. The number of azo groups is 1. The predicted octanol–water partition coefficient (Wildman–Crippen LogP) is 3.88. The van der Waals surface area contributed by atoms with Crippen LogP contribution in [0.15, 0.2) is 77.1 Å². The van der Waals surface area contributed by atoms with Crippen molar-refractivity contribution in [2.75, 3.05) is 13.1 Å². The van der Waals surface area contributed by atoms with Crippen molar-refractivity contribution in [1.29, 1.82) is 0 Å². The quantitative estimate of drug-likeness (QED) is 0.707. The van der Waals surface area contributed by atoms with E-state index < -0.39 is 6.17 Å². The van der Waals surface area contributed by atoms with Crippen molar-refractivity contribution in [3.05, 3.63) is 78.0 Å². The van der Waals surface area contributed by atoms with Crippen molar-refractivity contribution >= 4 is 11.7 Å². The van der Waals surface area contributed by atoms with Crippen molar-refractivity contribution in [3.8, 4) is 11.4 Å². The number of likely N-dealkylation sites (tertiary alicyclic amines) is 1. The minimum Gasteiger partial charge on any atom is -0.329 e. The number of aromatic nitrogens is 2. The number of hydrogen-bond donors (Lipinski definition) is 1. The lowest BCUT2D eigenvalue weighted by Gasteiger charge is -2.17. The minimum atomic E-state index is -0.513. The predicted molar refractivity (Wildman–Crippen MR) is 113 cm³/mol. The monoisotopic (exact) mass is 398 g/mol. The first-order chi connectivity index (χ1) is 14.8. The van der Waals surface area contributed by atoms with E-state index in [2.05, 4.69) is 42.5 Å². The van der Waals surface area contributed by atoms with Gasteiger partial charge in [0.2, 0.25) is 5.91 Å². The fourth-order valence-corrected chi connectivity index (χ4v) is 3.95. The molecule has 1 fully saturated rings. The summed E-state index contributed by atoms with van der Waals surface area (Å²) in [7, 11) is 0. The fraction of sp³-hybridized carbons (Fsp3) is 0.261. The van der Waals surface area contributed by atoms with Gasteiger partial charge >= 0.3 is 0 Å². The van der Waals surface area contributed by atoms with Crippen LogP contribution in [-0.4, -0.2) is 33.9 Å². The van der Waals surface area contributed by atoms with Crippen LogP contribution in [0.1, 0.15) is 23.7 Å². The largest absolute Gasteiger partial charge is 0.329 e. The van der Waals surface area contributed by atoms with Crippen molar-refractivity contribution < 1.29 is 4.79 Å². The first kappa shape index (κ1) is 18.6. The van der Waals surface area contributed by atoms with E-state index in [0.29, 0.717) is 11.6 Å². The van der Waals surface area contributed by atoms with Gasteiger partial charge in [0.05, 0.1) is 11.5 Å². The molecule has 2 aliphatic rings. The molecule has 1 N–H and O–H groups in total. The molecule has 3 heterocycles. The van der Waals surface area contributed by atoms with Gasteiger partial charge in [0.15, 0.2) is 17.8 Å². The van der Waals surface area contributed by atoms with Gasteiger partial charge in [-0.1, -0.05) is 60.7 Å². The molecule has 0 aliphatic carbocycles. The topological polar surface area (TPSA) is 82.8 Å². The molecule has 5 rings (SSSR count). The second-order valence-electron chi connectivity index (χ2n) is 7.67. The van der Waals surface area contributed by atoms with Crippen LogP contribution in [0.4, 0.5) is 5.82 Å². The second kappa shape index (κ2) is 8.12. The third-order valence-electron chi connectivity index (χ3n) is 5.56. The average Bonchev–Trinajstić information content (AvgIpc) is 3.42. The molecule has 0 saturated carbocycles. The Bertz CT molecular complexity index is 1070. The smallest absolute Gasteiger partial charge is 0.226 e. The first-order valence-corrected chi connectivity index (χ1v) is 10.2. The van der Waals surface area contributed by atoms with E-state index in [1.54, 1.807) is 6.20 Å². The van der Waals surface area contributed by atoms with E-state index in [1.165, 1.54) is 5.56 Å². The standard InChI is InChI=1S/C23H22N6O/c30-23(18-11-12-29(15-18)14-16-7-3-1-4-8-16)26-22-19-13-24-20(25-21(19)27-28-22)17-9-5-2-6-10-17/h1-10,13,18,22H,11-12,14-15H2,(H,26,30). The third-order valence-corrected chi connectivity index (χ3v) is 5.56. The van der Waals surface area contributed by atoms with E-state index in [1.807, 2.05) is 48.5 Å². The van der Waals surface area contributed by atoms with Gasteiger partial charge < -0.3 is 5.32 Å². The van der Waals surface area contributed by atoms with Gasteiger partial charge in [0, 0.05) is 24.8 Å². The molecule has 2 unspecified atom stereocenters. The summed E-state index contributed by atoms with van der Waals surface area (Å²) in [5, 5.41) is 11.4. The van der Waals surface area contributed by atoms with E-state index in [0.717, 1.165) is 37.2 Å². The Morgan fingerprint density at radius 1 is 1.07 bits per heavy atom. The second-order valence-corrected chi connectivity index (χ2v) is 7.67. The Balaban J connectivity index is 1.22. The summed E-state index contributed by atoms with van der Waals surface area (Å²) >= 11 is 0. The number of hydrogen-bond acceptors (Lipinski definition) is 6. The highest BCUT2D eigenvalue weighted by Gasteiger charge is 2.32. The van der Waals surface area contributed by atoms with E-state index in [4.69, 9.17) is 0 Å². The molecule has 2 aliphatic heterocycles. The molecule has 150 valence electrons. The number of fused-ring (bicyclic) bond motifs is 1. The lowest BCUT2D eigenvalue weighted by atomic mass is 10.1. The van der Waals surface area contributed by atoms with Crippen LogP contribution in [0, 0.1) is 5.92 Å². The summed E-state index contributed by atoms with van der Waals surface area (Å²) in [6.07, 6.45) is 2.05. The molecule has 0 radical (unpaired) electrons. The molecule has 30 heavy (non-hydrogen) atoms. The molecule has 1 saturated heterocycles. The van der Waals surface area contributed by atoms with Crippen LogP contribution in [0.3, 0.4) is 0 Å². The molecule has 1 aromatic heterocycles. The molecule has 7 heteroatoms. The Kier molecular flexibility index (Phi) is 5.03. The van der Waals surface area contributed by atoms with Crippen molar-refractivity contribution in [1.82, 2.24) is 20.2 Å². The van der Waals surface area contributed by atoms with E-state index in [-0.39, 0.29) is 11.8 Å². The number of nitrogens with zero attached hydrogens (tertiary/aromatic N) is 5. The van der Waals surface area contributed by atoms with Crippen molar-refractivity contribution in [3.63, 3.8) is 0 Å². The number of nitrogens with one attached hydrogen (secondary N) is 1. The number of carbonyl (C=O) groups excluding carboxylic acids is 1. The average molecular weight is 398 g/mol. The van der Waals surface area contributed by atoms with E-state index in [9.17, 15) is 4.79 Å². The molecule has 7 nitrogen and oxygen atoms in total. The lowest BCUT2D eigenvalue weighted by molar-refractivity contribution is -0.125. The summed E-state index contributed by atoms with van der Waals surface area (Å²) in [5.41, 5.74) is 2.93. The van der Waals surface area contributed by atoms with Gasteiger partial charge in [-0.15, -0.1) is 5.11 Å². The zero-order chi connectivity index (χ0) is 20.3. The highest BCUT2D eigenvalue weighted by molar-refractivity contribution is 5.80. The van der Waals surface area contributed by atoms with Crippen LogP contribution in [0.25, 0.3) is 11.4 Å². The molecule has 2 aromatic carbocycles. The van der Waals surface area contributed by atoms with Crippen LogP contribution in [0.5, 0.6) is 0 Å². The van der Waals surface area contributed by atoms with Gasteiger partial charge in [0.1, 0.15) is 0 Å². The van der Waals surface area contributed by atoms with Gasteiger partial charge in [0.25, 0.3) is 0 Å². The number of benzene rings is 2. The van der Waals surface area contributed by atoms with Crippen molar-refractivity contribution in [2.24, 2.45) is 16.1 Å². The maximum Gasteiger partial charge on any atom is 0.226 e. The summed E-state index contributed by atoms with van der Waals surface area (Å²) in [6.45, 7) is 2.53. The molecular weight excluding hydrogens is 376 g/mol. The summed E-state index contributed by atoms with van der Waals surface area (Å²) in [5.74, 6) is 1.09. The summed E-state index contributed by atoms with van der Waals surface area (Å²) in [4.78, 5) is 24.1. The van der Waals surface area contributed by atoms with Gasteiger partial charge in [-0.3, -0.25) is 9.69 Å². The summed E-state index contributed by atoms with van der Waals surface area (Å²) in [6, 6.07) is 20.1. The van der Waals surface area contributed by atoms with Crippen LogP contribution >= 0.6 is 0 Å². The Morgan fingerprint density at radius 3 is 2.63 bits per heavy atom. The number of rotatable bonds is 5. The first-order valence-electron chi connectivity index (χ1n) is 10.2. The molecule has 1 amide bonds. The Morgan fingerprint density at radius 2 is 1.83 bits per heavy atom. The van der Waals surface area contributed by atoms with Gasteiger partial charge in [-0.2, -0.15) is 5.11 Å². The molecular formula is C23H22N6O. The maximum atomic E-state index is 12.8. The highest BCUT2D eigenvalue weighted by Crippen LogP contribution is 2.33. The third kappa shape index (κ3) is 3.84. The summed E-state index contributed by atoms with van der Waals surface area (Å²) < 4.78 is 0. The lowest BCUT2D eigenvalue weighted by Crippen LogP contribution is -2.34. The number of carbonyl (C=O) groups is 1. The molecule has 0 bridgehead atoms. The number of amides is 1. The van der Waals surface area contributed by atoms with Gasteiger partial charge in [-0.05, 0) is 18.5 Å². The van der Waals surface area contributed by atoms with Crippen LogP contribution in [-0.2, 0) is 11.3 Å². The maximum absolute atomic E-state index is 12.8.